The van der Waals surface area contributed by atoms with Gasteiger partial charge >= 0.3 is 0 Å². The fourth-order valence-corrected chi connectivity index (χ4v) is 1.33. The molecule has 0 aliphatic carbocycles. The van der Waals surface area contributed by atoms with Crippen molar-refractivity contribution in [3.63, 3.8) is 0 Å². The second kappa shape index (κ2) is 4.14. The third kappa shape index (κ3) is 1.99. The molecule has 2 rings (SSSR count). The molecule has 0 saturated heterocycles. The van der Waals surface area contributed by atoms with Crippen LogP contribution in [0.15, 0.2) is 36.7 Å². The molecular formula is C11H10FN3. The second-order valence-corrected chi connectivity index (χ2v) is 3.08. The van der Waals surface area contributed by atoms with E-state index >= 15 is 0 Å². The van der Waals surface area contributed by atoms with Gasteiger partial charge in [-0.2, -0.15) is 0 Å². The van der Waals surface area contributed by atoms with E-state index in [1.165, 1.54) is 12.4 Å². The van der Waals surface area contributed by atoms with Gasteiger partial charge in [0.25, 0.3) is 0 Å². The molecule has 2 N–H and O–H groups in total. The second-order valence-electron chi connectivity index (χ2n) is 3.08. The van der Waals surface area contributed by atoms with E-state index in [1.54, 1.807) is 24.3 Å². The Morgan fingerprint density at radius 2 is 2.00 bits per heavy atom. The fourth-order valence-electron chi connectivity index (χ4n) is 1.33. The monoisotopic (exact) mass is 203 g/mol. The van der Waals surface area contributed by atoms with E-state index in [1.807, 2.05) is 0 Å². The minimum absolute atomic E-state index is 0.292. The highest BCUT2D eigenvalue weighted by Gasteiger charge is 2.05. The van der Waals surface area contributed by atoms with Crippen LogP contribution in [0.25, 0.3) is 11.3 Å². The number of hydrogen-bond donors (Lipinski definition) is 1. The van der Waals surface area contributed by atoms with Gasteiger partial charge in [-0.25, -0.2) is 14.4 Å². The summed E-state index contributed by atoms with van der Waals surface area (Å²) in [6.45, 7) is 0.323. The zero-order valence-electron chi connectivity index (χ0n) is 8.02. The lowest BCUT2D eigenvalue weighted by Crippen LogP contribution is -2.00. The van der Waals surface area contributed by atoms with E-state index in [0.717, 1.165) is 0 Å². The summed E-state index contributed by atoms with van der Waals surface area (Å²) in [5.74, 6) is -0.292. The first-order valence-corrected chi connectivity index (χ1v) is 4.57. The number of nitrogens with two attached hydrogens (primary N) is 1. The topological polar surface area (TPSA) is 51.8 Å². The lowest BCUT2D eigenvalue weighted by molar-refractivity contribution is 0.630. The summed E-state index contributed by atoms with van der Waals surface area (Å²) in [4.78, 5) is 7.97. The largest absolute Gasteiger partial charge is 0.325 e. The van der Waals surface area contributed by atoms with Gasteiger partial charge in [-0.05, 0) is 18.2 Å². The molecule has 0 radical (unpaired) electrons. The standard InChI is InChI=1S/C11H10FN3/c12-10-4-2-1-3-9(10)11-5-8(6-13)14-7-15-11/h1-5,7H,6,13H2. The van der Waals surface area contributed by atoms with Crippen LogP contribution in [-0.2, 0) is 6.54 Å². The number of benzene rings is 1. The van der Waals surface area contributed by atoms with E-state index in [0.29, 0.717) is 23.5 Å². The van der Waals surface area contributed by atoms with Crippen molar-refractivity contribution in [1.29, 1.82) is 0 Å². The van der Waals surface area contributed by atoms with Crippen LogP contribution in [0.1, 0.15) is 5.69 Å². The number of rotatable bonds is 2. The zero-order chi connectivity index (χ0) is 10.7. The van der Waals surface area contributed by atoms with Gasteiger partial charge in [0, 0.05) is 12.1 Å². The number of halogens is 1. The maximum atomic E-state index is 13.4. The maximum Gasteiger partial charge on any atom is 0.132 e. The highest BCUT2D eigenvalue weighted by molar-refractivity contribution is 5.59. The summed E-state index contributed by atoms with van der Waals surface area (Å²) < 4.78 is 13.4. The summed E-state index contributed by atoms with van der Waals surface area (Å²) >= 11 is 0. The van der Waals surface area contributed by atoms with E-state index in [-0.39, 0.29) is 5.82 Å². The van der Waals surface area contributed by atoms with Crippen molar-refractivity contribution in [1.82, 2.24) is 9.97 Å². The average Bonchev–Trinajstić information content (AvgIpc) is 2.30. The van der Waals surface area contributed by atoms with Crippen LogP contribution < -0.4 is 5.73 Å². The van der Waals surface area contributed by atoms with Gasteiger partial charge in [0.2, 0.25) is 0 Å². The molecule has 2 aromatic rings. The Hall–Kier alpha value is -1.81. The Balaban J connectivity index is 2.49. The highest BCUT2D eigenvalue weighted by atomic mass is 19.1. The van der Waals surface area contributed by atoms with Crippen LogP contribution in [0.4, 0.5) is 4.39 Å². The first-order valence-electron chi connectivity index (χ1n) is 4.57. The lowest BCUT2D eigenvalue weighted by atomic mass is 10.1. The minimum atomic E-state index is -0.292. The molecule has 0 aliphatic rings. The Bertz CT molecular complexity index is 471. The average molecular weight is 203 g/mol. The van der Waals surface area contributed by atoms with Crippen molar-refractivity contribution >= 4 is 0 Å². The SMILES string of the molecule is NCc1cc(-c2ccccc2F)ncn1. The Kier molecular flexibility index (Phi) is 2.69. The first kappa shape index (κ1) is 9.73. The Morgan fingerprint density at radius 1 is 1.20 bits per heavy atom. The molecule has 76 valence electrons. The molecule has 0 fully saturated rings. The third-order valence-corrected chi connectivity index (χ3v) is 2.08. The van der Waals surface area contributed by atoms with Crippen molar-refractivity contribution in [3.05, 3.63) is 48.2 Å². The number of hydrogen-bond acceptors (Lipinski definition) is 3. The molecular weight excluding hydrogens is 193 g/mol. The van der Waals surface area contributed by atoms with Crippen molar-refractivity contribution in [2.24, 2.45) is 5.73 Å². The summed E-state index contributed by atoms with van der Waals surface area (Å²) in [5, 5.41) is 0. The molecule has 0 amide bonds. The number of aromatic nitrogens is 2. The highest BCUT2D eigenvalue weighted by Crippen LogP contribution is 2.19. The molecule has 0 aliphatic heterocycles. The third-order valence-electron chi connectivity index (χ3n) is 2.08. The predicted octanol–water partition coefficient (Wildman–Crippen LogP) is 1.74. The van der Waals surface area contributed by atoms with E-state index in [9.17, 15) is 4.39 Å². The van der Waals surface area contributed by atoms with E-state index in [2.05, 4.69) is 9.97 Å². The van der Waals surface area contributed by atoms with Gasteiger partial charge in [-0.15, -0.1) is 0 Å². The molecule has 1 aromatic carbocycles. The zero-order valence-corrected chi connectivity index (χ0v) is 8.02. The number of nitrogens with zero attached hydrogens (tertiary/aromatic N) is 2. The van der Waals surface area contributed by atoms with Gasteiger partial charge in [-0.3, -0.25) is 0 Å². The van der Waals surface area contributed by atoms with E-state index < -0.39 is 0 Å². The normalized spacial score (nSPS) is 10.3. The van der Waals surface area contributed by atoms with Crippen LogP contribution in [0.5, 0.6) is 0 Å². The van der Waals surface area contributed by atoms with Crippen LogP contribution >= 0.6 is 0 Å². The van der Waals surface area contributed by atoms with Crippen LogP contribution in [0.3, 0.4) is 0 Å². The van der Waals surface area contributed by atoms with Gasteiger partial charge in [0.05, 0.1) is 11.4 Å². The van der Waals surface area contributed by atoms with Crippen molar-refractivity contribution in [2.75, 3.05) is 0 Å². The summed E-state index contributed by atoms with van der Waals surface area (Å²) in [7, 11) is 0. The summed E-state index contributed by atoms with van der Waals surface area (Å²) in [6.07, 6.45) is 1.39. The van der Waals surface area contributed by atoms with Crippen molar-refractivity contribution < 1.29 is 4.39 Å². The van der Waals surface area contributed by atoms with E-state index in [4.69, 9.17) is 5.73 Å². The first-order chi connectivity index (χ1) is 7.31. The molecule has 0 spiro atoms. The predicted molar refractivity (Wildman–Crippen MR) is 55.3 cm³/mol. The Morgan fingerprint density at radius 3 is 2.73 bits per heavy atom. The molecule has 0 unspecified atom stereocenters. The maximum absolute atomic E-state index is 13.4. The van der Waals surface area contributed by atoms with Crippen LogP contribution in [0.2, 0.25) is 0 Å². The smallest absolute Gasteiger partial charge is 0.132 e. The van der Waals surface area contributed by atoms with Gasteiger partial charge < -0.3 is 5.73 Å². The molecule has 4 heteroatoms. The van der Waals surface area contributed by atoms with Crippen LogP contribution in [-0.4, -0.2) is 9.97 Å². The van der Waals surface area contributed by atoms with Gasteiger partial charge in [0.1, 0.15) is 12.1 Å². The van der Waals surface area contributed by atoms with Gasteiger partial charge in [0.15, 0.2) is 0 Å². The van der Waals surface area contributed by atoms with Crippen molar-refractivity contribution in [3.8, 4) is 11.3 Å². The fraction of sp³-hybridized carbons (Fsp3) is 0.0909. The molecule has 3 nitrogen and oxygen atoms in total. The summed E-state index contributed by atoms with van der Waals surface area (Å²) in [6, 6.07) is 8.18. The molecule has 0 bridgehead atoms. The van der Waals surface area contributed by atoms with Crippen LogP contribution in [0, 0.1) is 5.82 Å². The molecule has 15 heavy (non-hydrogen) atoms. The molecule has 1 aromatic heterocycles. The molecule has 0 saturated carbocycles. The van der Waals surface area contributed by atoms with Crippen molar-refractivity contribution in [2.45, 2.75) is 6.54 Å². The molecule has 0 atom stereocenters. The Labute approximate surface area is 86.8 Å². The minimum Gasteiger partial charge on any atom is -0.325 e. The van der Waals surface area contributed by atoms with Gasteiger partial charge in [-0.1, -0.05) is 12.1 Å². The summed E-state index contributed by atoms with van der Waals surface area (Å²) in [5.41, 5.74) is 7.17. The molecule has 1 heterocycles. The lowest BCUT2D eigenvalue weighted by Gasteiger charge is -2.03. The quantitative estimate of drug-likeness (QED) is 0.808.